The molecule has 0 aliphatic heterocycles. The molecule has 0 spiro atoms. The summed E-state index contributed by atoms with van der Waals surface area (Å²) in [5.41, 5.74) is 5.30. The van der Waals surface area contributed by atoms with Crippen LogP contribution in [0.1, 0.15) is 35.8 Å². The maximum atomic E-state index is 10.5. The summed E-state index contributed by atoms with van der Waals surface area (Å²) in [5.74, 6) is -2.51. The first-order valence-electron chi connectivity index (χ1n) is 9.97. The molecule has 1 heterocycles. The Labute approximate surface area is 179 Å². The van der Waals surface area contributed by atoms with Gasteiger partial charge in [0.05, 0.1) is 17.3 Å². The van der Waals surface area contributed by atoms with Crippen molar-refractivity contribution in [2.75, 3.05) is 5.32 Å². The van der Waals surface area contributed by atoms with Gasteiger partial charge in [0, 0.05) is 35.3 Å². The number of anilines is 1. The minimum Gasteiger partial charge on any atom is -0.478 e. The third-order valence-electron chi connectivity index (χ3n) is 4.91. The molecule has 0 saturated carbocycles. The van der Waals surface area contributed by atoms with E-state index in [1.807, 2.05) is 36.4 Å². The summed E-state index contributed by atoms with van der Waals surface area (Å²) < 4.78 is 0. The Morgan fingerprint density at radius 3 is 2.32 bits per heavy atom. The first-order valence-corrected chi connectivity index (χ1v) is 9.97. The van der Waals surface area contributed by atoms with Gasteiger partial charge in [-0.25, -0.2) is 9.59 Å². The molecule has 160 valence electrons. The van der Waals surface area contributed by atoms with E-state index in [1.54, 1.807) is 0 Å². The molecule has 3 aromatic rings. The number of rotatable bonds is 5. The van der Waals surface area contributed by atoms with Crippen LogP contribution in [0.2, 0.25) is 0 Å². The zero-order valence-corrected chi connectivity index (χ0v) is 16.9. The van der Waals surface area contributed by atoms with Crippen molar-refractivity contribution < 1.29 is 24.9 Å². The van der Waals surface area contributed by atoms with E-state index < -0.39 is 18.0 Å². The Bertz CT molecular complexity index is 1080. The molecule has 1 atom stereocenters. The second-order valence-electron chi connectivity index (χ2n) is 7.12. The predicted octanol–water partition coefficient (Wildman–Crippen LogP) is 3.93. The van der Waals surface area contributed by atoms with Crippen molar-refractivity contribution >= 4 is 28.5 Å². The molecule has 0 saturated heterocycles. The van der Waals surface area contributed by atoms with Gasteiger partial charge in [0.25, 0.3) is 0 Å². The van der Waals surface area contributed by atoms with Crippen LogP contribution < -0.4 is 5.32 Å². The van der Waals surface area contributed by atoms with Crippen LogP contribution in [-0.2, 0) is 22.6 Å². The third-order valence-corrected chi connectivity index (χ3v) is 4.91. The van der Waals surface area contributed by atoms with Crippen LogP contribution in [0.3, 0.4) is 0 Å². The fourth-order valence-electron chi connectivity index (χ4n) is 3.55. The van der Waals surface area contributed by atoms with E-state index in [2.05, 4.69) is 23.5 Å². The first-order chi connectivity index (χ1) is 15.0. The summed E-state index contributed by atoms with van der Waals surface area (Å²) in [6, 6.07) is 18.5. The number of nitrogens with one attached hydrogen (secondary N) is 1. The van der Waals surface area contributed by atoms with Gasteiger partial charge in [-0.15, -0.1) is 0 Å². The van der Waals surface area contributed by atoms with Gasteiger partial charge in [-0.2, -0.15) is 0 Å². The molecule has 0 amide bonds. The zero-order valence-electron chi connectivity index (χ0n) is 16.9. The van der Waals surface area contributed by atoms with Crippen LogP contribution in [0.25, 0.3) is 10.9 Å². The van der Waals surface area contributed by atoms with E-state index in [-0.39, 0.29) is 0 Å². The number of aryl methyl sites for hydroxylation is 1. The first kappa shape index (κ1) is 22.0. The van der Waals surface area contributed by atoms with Crippen molar-refractivity contribution in [2.45, 2.75) is 31.9 Å². The number of aliphatic carboxylic acids is 2. The lowest BCUT2D eigenvalue weighted by Crippen LogP contribution is -2.15. The van der Waals surface area contributed by atoms with E-state index >= 15 is 0 Å². The molecule has 31 heavy (non-hydrogen) atoms. The highest BCUT2D eigenvalue weighted by Gasteiger charge is 2.24. The number of nitrogens with zero attached hydrogens (tertiary/aromatic N) is 1. The molecule has 0 radical (unpaired) electrons. The lowest BCUT2D eigenvalue weighted by molar-refractivity contribution is -0.134. The molecular weight excluding hydrogens is 396 g/mol. The summed E-state index contributed by atoms with van der Waals surface area (Å²) in [7, 11) is 0. The number of pyridine rings is 1. The molecule has 2 aromatic carbocycles. The Morgan fingerprint density at radius 2 is 1.65 bits per heavy atom. The Morgan fingerprint density at radius 1 is 1.00 bits per heavy atom. The SMILES string of the molecule is O=C(O)/C=C\C(=O)O.OC1CCCc2nc3ccccc3c(NCc3ccccc3)c21. The van der Waals surface area contributed by atoms with Gasteiger partial charge in [0.1, 0.15) is 0 Å². The monoisotopic (exact) mass is 420 g/mol. The smallest absolute Gasteiger partial charge is 0.328 e. The van der Waals surface area contributed by atoms with E-state index in [0.717, 1.165) is 53.7 Å². The third kappa shape index (κ3) is 5.90. The molecule has 1 aliphatic carbocycles. The topological polar surface area (TPSA) is 120 Å². The molecule has 0 bridgehead atoms. The highest BCUT2D eigenvalue weighted by atomic mass is 16.4. The number of carboxylic acids is 2. The molecule has 1 unspecified atom stereocenters. The Hall–Kier alpha value is -3.71. The summed E-state index contributed by atoms with van der Waals surface area (Å²) in [4.78, 5) is 23.9. The number of hydrogen-bond donors (Lipinski definition) is 4. The number of carboxylic acid groups (broad SMARTS) is 2. The quantitative estimate of drug-likeness (QED) is 0.462. The fraction of sp³-hybridized carbons (Fsp3) is 0.208. The van der Waals surface area contributed by atoms with Crippen molar-refractivity contribution in [3.05, 3.63) is 83.6 Å². The summed E-state index contributed by atoms with van der Waals surface area (Å²) in [6.07, 6.45) is 3.45. The largest absolute Gasteiger partial charge is 0.478 e. The number of aromatic nitrogens is 1. The van der Waals surface area contributed by atoms with Gasteiger partial charge in [-0.05, 0) is 30.9 Å². The highest BCUT2D eigenvalue weighted by Crippen LogP contribution is 2.38. The molecule has 7 nitrogen and oxygen atoms in total. The van der Waals surface area contributed by atoms with Gasteiger partial charge in [0.15, 0.2) is 0 Å². The maximum Gasteiger partial charge on any atom is 0.328 e. The summed E-state index contributed by atoms with van der Waals surface area (Å²) in [5, 5.41) is 30.8. The van der Waals surface area contributed by atoms with Gasteiger partial charge in [-0.3, -0.25) is 4.98 Å². The van der Waals surface area contributed by atoms with E-state index in [1.165, 1.54) is 5.56 Å². The number of aliphatic hydroxyl groups is 1. The van der Waals surface area contributed by atoms with Crippen LogP contribution in [0.4, 0.5) is 5.69 Å². The van der Waals surface area contributed by atoms with Gasteiger partial charge in [-0.1, -0.05) is 48.5 Å². The number of hydrogen-bond acceptors (Lipinski definition) is 5. The predicted molar refractivity (Wildman–Crippen MR) is 118 cm³/mol. The van der Waals surface area contributed by atoms with E-state index in [0.29, 0.717) is 12.2 Å². The van der Waals surface area contributed by atoms with E-state index in [4.69, 9.17) is 15.2 Å². The van der Waals surface area contributed by atoms with Crippen molar-refractivity contribution in [1.29, 1.82) is 0 Å². The van der Waals surface area contributed by atoms with Crippen molar-refractivity contribution in [3.63, 3.8) is 0 Å². The summed E-state index contributed by atoms with van der Waals surface area (Å²) in [6.45, 7) is 0.744. The number of carbonyl (C=O) groups is 2. The van der Waals surface area contributed by atoms with E-state index in [9.17, 15) is 14.7 Å². The minimum atomic E-state index is -1.26. The van der Waals surface area contributed by atoms with Crippen LogP contribution >= 0.6 is 0 Å². The molecule has 1 aromatic heterocycles. The number of para-hydroxylation sites is 1. The number of benzene rings is 2. The summed E-state index contributed by atoms with van der Waals surface area (Å²) >= 11 is 0. The van der Waals surface area contributed by atoms with Gasteiger partial charge in [0.2, 0.25) is 0 Å². The highest BCUT2D eigenvalue weighted by molar-refractivity contribution is 5.93. The Balaban J connectivity index is 0.000000293. The van der Waals surface area contributed by atoms with Crippen LogP contribution in [-0.4, -0.2) is 32.2 Å². The van der Waals surface area contributed by atoms with Crippen molar-refractivity contribution in [1.82, 2.24) is 4.98 Å². The molecule has 7 heteroatoms. The number of fused-ring (bicyclic) bond motifs is 2. The van der Waals surface area contributed by atoms with Gasteiger partial charge < -0.3 is 20.6 Å². The van der Waals surface area contributed by atoms with Crippen molar-refractivity contribution in [2.24, 2.45) is 0 Å². The average Bonchev–Trinajstić information content (AvgIpc) is 2.76. The molecule has 0 fully saturated rings. The molecule has 4 N–H and O–H groups in total. The standard InChI is InChI=1S/C20H20N2O.C4H4O4/c23-18-12-6-11-17-19(18)20(15-9-4-5-10-16(15)22-17)21-13-14-7-2-1-3-8-14;5-3(6)1-2-4(7)8/h1-5,7-10,18,23H,6,11-13H2,(H,21,22);1-2H,(H,5,6)(H,7,8)/b;2-1-. The lowest BCUT2D eigenvalue weighted by atomic mass is 9.90. The van der Waals surface area contributed by atoms with Crippen LogP contribution in [0.5, 0.6) is 0 Å². The average molecular weight is 420 g/mol. The molecule has 1 aliphatic rings. The zero-order chi connectivity index (χ0) is 22.2. The minimum absolute atomic E-state index is 0.422. The van der Waals surface area contributed by atoms with Crippen LogP contribution in [0.15, 0.2) is 66.7 Å². The lowest BCUT2D eigenvalue weighted by Gasteiger charge is -2.25. The molecule has 4 rings (SSSR count). The second kappa shape index (κ2) is 10.4. The Kier molecular flexibility index (Phi) is 7.35. The maximum absolute atomic E-state index is 10.5. The fourth-order valence-corrected chi connectivity index (χ4v) is 3.55. The van der Waals surface area contributed by atoms with Gasteiger partial charge >= 0.3 is 11.9 Å². The van der Waals surface area contributed by atoms with Crippen LogP contribution in [0, 0.1) is 0 Å². The van der Waals surface area contributed by atoms with Crippen molar-refractivity contribution in [3.8, 4) is 0 Å². The second-order valence-corrected chi connectivity index (χ2v) is 7.12. The normalized spacial score (nSPS) is 15.1. The number of aliphatic hydroxyl groups excluding tert-OH is 1. The molecular formula is C24H24N2O5.